The average Bonchev–Trinajstić information content (AvgIpc) is 2.16. The normalized spacial score (nSPS) is 16.8. The smallest absolute Gasteiger partial charge is 0.209 e. The van der Waals surface area contributed by atoms with Crippen LogP contribution in [-0.4, -0.2) is 26.7 Å². The average molecular weight is 184 g/mol. The van der Waals surface area contributed by atoms with Crippen molar-refractivity contribution in [2.24, 2.45) is 10.9 Å². The number of aliphatic imine (C=N–C) groups is 1. The van der Waals surface area contributed by atoms with Gasteiger partial charge in [-0.15, -0.1) is 0 Å². The maximum absolute atomic E-state index is 5.16. The lowest BCUT2D eigenvalue weighted by molar-refractivity contribution is 0.248. The first kappa shape index (κ1) is 9.89. The van der Waals surface area contributed by atoms with E-state index in [1.807, 2.05) is 0 Å². The van der Waals surface area contributed by atoms with Crippen LogP contribution in [-0.2, 0) is 9.47 Å². The third-order valence-electron chi connectivity index (χ3n) is 1.86. The minimum atomic E-state index is 0.327. The van der Waals surface area contributed by atoms with Crippen LogP contribution in [0.25, 0.3) is 0 Å². The SMILES string of the molecule is COC1=NC(C(C)C)=C(OC)NC1. The molecule has 1 heterocycles. The summed E-state index contributed by atoms with van der Waals surface area (Å²) in [6.07, 6.45) is 0. The fraction of sp³-hybridized carbons (Fsp3) is 0.667. The summed E-state index contributed by atoms with van der Waals surface area (Å²) >= 11 is 0. The van der Waals surface area contributed by atoms with Gasteiger partial charge in [0.15, 0.2) is 0 Å². The van der Waals surface area contributed by atoms with Crippen molar-refractivity contribution in [3.63, 3.8) is 0 Å². The maximum atomic E-state index is 5.16. The van der Waals surface area contributed by atoms with Gasteiger partial charge in [0, 0.05) is 5.92 Å². The first-order valence-electron chi connectivity index (χ1n) is 4.32. The molecule has 13 heavy (non-hydrogen) atoms. The monoisotopic (exact) mass is 184 g/mol. The maximum Gasteiger partial charge on any atom is 0.209 e. The molecule has 0 bridgehead atoms. The third kappa shape index (κ3) is 2.14. The van der Waals surface area contributed by atoms with Crippen molar-refractivity contribution in [2.75, 3.05) is 20.8 Å². The first-order valence-corrected chi connectivity index (χ1v) is 4.32. The van der Waals surface area contributed by atoms with E-state index in [0.717, 1.165) is 11.6 Å². The van der Waals surface area contributed by atoms with Crippen molar-refractivity contribution in [1.29, 1.82) is 0 Å². The predicted octanol–water partition coefficient (Wildman–Crippen LogP) is 1.11. The molecule has 0 radical (unpaired) electrons. The van der Waals surface area contributed by atoms with Crippen molar-refractivity contribution >= 4 is 5.90 Å². The summed E-state index contributed by atoms with van der Waals surface area (Å²) in [5.74, 6) is 1.77. The zero-order valence-corrected chi connectivity index (χ0v) is 8.55. The topological polar surface area (TPSA) is 42.9 Å². The van der Waals surface area contributed by atoms with E-state index in [1.54, 1.807) is 14.2 Å². The second kappa shape index (κ2) is 4.16. The molecule has 74 valence electrons. The van der Waals surface area contributed by atoms with Crippen molar-refractivity contribution < 1.29 is 9.47 Å². The van der Waals surface area contributed by atoms with E-state index < -0.39 is 0 Å². The number of hydrogen-bond donors (Lipinski definition) is 1. The molecule has 1 rings (SSSR count). The van der Waals surface area contributed by atoms with Gasteiger partial charge in [0.25, 0.3) is 0 Å². The number of nitrogens with zero attached hydrogens (tertiary/aromatic N) is 1. The van der Waals surface area contributed by atoms with Gasteiger partial charge in [-0.1, -0.05) is 13.8 Å². The van der Waals surface area contributed by atoms with Crippen molar-refractivity contribution in [2.45, 2.75) is 13.8 Å². The molecule has 1 aliphatic heterocycles. The highest BCUT2D eigenvalue weighted by molar-refractivity contribution is 5.80. The molecule has 0 saturated carbocycles. The van der Waals surface area contributed by atoms with E-state index in [4.69, 9.17) is 9.47 Å². The Labute approximate surface area is 78.6 Å². The quantitative estimate of drug-likeness (QED) is 0.699. The van der Waals surface area contributed by atoms with Gasteiger partial charge in [0.2, 0.25) is 11.8 Å². The van der Waals surface area contributed by atoms with Crippen LogP contribution in [0.3, 0.4) is 0 Å². The largest absolute Gasteiger partial charge is 0.483 e. The molecule has 4 nitrogen and oxygen atoms in total. The molecule has 0 unspecified atom stereocenters. The predicted molar refractivity (Wildman–Crippen MR) is 51.3 cm³/mol. The summed E-state index contributed by atoms with van der Waals surface area (Å²) in [5, 5.41) is 3.10. The van der Waals surface area contributed by atoms with Crippen LogP contribution in [0.2, 0.25) is 0 Å². The summed E-state index contributed by atoms with van der Waals surface area (Å²) < 4.78 is 10.2. The Balaban J connectivity index is 2.91. The Bertz CT molecular complexity index is 244. The summed E-state index contributed by atoms with van der Waals surface area (Å²) in [6, 6.07) is 0. The number of hydrogen-bond acceptors (Lipinski definition) is 4. The molecule has 0 aromatic carbocycles. The van der Waals surface area contributed by atoms with Crippen molar-refractivity contribution in [1.82, 2.24) is 5.32 Å². The van der Waals surface area contributed by atoms with Gasteiger partial charge in [-0.05, 0) is 0 Å². The molecule has 0 spiro atoms. The Morgan fingerprint density at radius 1 is 1.31 bits per heavy atom. The lowest BCUT2D eigenvalue weighted by Crippen LogP contribution is -2.30. The van der Waals surface area contributed by atoms with Crippen LogP contribution in [0.5, 0.6) is 0 Å². The van der Waals surface area contributed by atoms with Crippen LogP contribution in [0, 0.1) is 5.92 Å². The second-order valence-electron chi connectivity index (χ2n) is 3.14. The van der Waals surface area contributed by atoms with E-state index in [-0.39, 0.29) is 0 Å². The van der Waals surface area contributed by atoms with E-state index >= 15 is 0 Å². The fourth-order valence-electron chi connectivity index (χ4n) is 1.16. The standard InChI is InChI=1S/C9H16N2O2/c1-6(2)8-9(13-4)10-5-7(11-8)12-3/h6,10H,5H2,1-4H3. The Morgan fingerprint density at radius 2 is 2.00 bits per heavy atom. The second-order valence-corrected chi connectivity index (χ2v) is 3.14. The number of allylic oxidation sites excluding steroid dienone is 1. The highest BCUT2D eigenvalue weighted by Gasteiger charge is 2.17. The third-order valence-corrected chi connectivity index (χ3v) is 1.86. The lowest BCUT2D eigenvalue weighted by atomic mass is 10.1. The first-order chi connectivity index (χ1) is 6.19. The van der Waals surface area contributed by atoms with Crippen LogP contribution in [0.1, 0.15) is 13.8 Å². The summed E-state index contributed by atoms with van der Waals surface area (Å²) in [5.41, 5.74) is 0.908. The molecule has 0 saturated heterocycles. The molecule has 0 amide bonds. The number of ether oxygens (including phenoxy) is 2. The number of methoxy groups -OCH3 is 2. The van der Waals surface area contributed by atoms with Gasteiger partial charge in [-0.2, -0.15) is 0 Å². The van der Waals surface area contributed by atoms with Gasteiger partial charge in [-0.3, -0.25) is 0 Å². The van der Waals surface area contributed by atoms with E-state index in [2.05, 4.69) is 24.2 Å². The minimum absolute atomic E-state index is 0.327. The lowest BCUT2D eigenvalue weighted by Gasteiger charge is -2.20. The molecule has 1 N–H and O–H groups in total. The number of rotatable bonds is 2. The summed E-state index contributed by atoms with van der Waals surface area (Å²) in [7, 11) is 3.26. The molecule has 0 atom stereocenters. The zero-order chi connectivity index (χ0) is 9.84. The molecule has 4 heteroatoms. The van der Waals surface area contributed by atoms with E-state index in [9.17, 15) is 0 Å². The van der Waals surface area contributed by atoms with Gasteiger partial charge in [0.1, 0.15) is 5.70 Å². The van der Waals surface area contributed by atoms with Gasteiger partial charge in [0.05, 0.1) is 20.8 Å². The van der Waals surface area contributed by atoms with Crippen LogP contribution < -0.4 is 5.32 Å². The summed E-state index contributed by atoms with van der Waals surface area (Å²) in [6.45, 7) is 4.73. The fourth-order valence-corrected chi connectivity index (χ4v) is 1.16. The van der Waals surface area contributed by atoms with Crippen molar-refractivity contribution in [3.05, 3.63) is 11.6 Å². The van der Waals surface area contributed by atoms with Gasteiger partial charge in [-0.25, -0.2) is 4.99 Å². The summed E-state index contributed by atoms with van der Waals surface area (Å²) in [4.78, 5) is 4.34. The van der Waals surface area contributed by atoms with E-state index in [1.165, 1.54) is 0 Å². The molecular formula is C9H16N2O2. The van der Waals surface area contributed by atoms with E-state index in [0.29, 0.717) is 18.4 Å². The Hall–Kier alpha value is -1.19. The van der Waals surface area contributed by atoms with Gasteiger partial charge < -0.3 is 14.8 Å². The molecule has 0 fully saturated rings. The van der Waals surface area contributed by atoms with Crippen LogP contribution in [0.4, 0.5) is 0 Å². The molecule has 0 aliphatic carbocycles. The highest BCUT2D eigenvalue weighted by Crippen LogP contribution is 2.18. The van der Waals surface area contributed by atoms with Gasteiger partial charge >= 0.3 is 0 Å². The highest BCUT2D eigenvalue weighted by atomic mass is 16.5. The minimum Gasteiger partial charge on any atom is -0.483 e. The molecule has 0 aromatic rings. The van der Waals surface area contributed by atoms with Crippen LogP contribution >= 0.6 is 0 Å². The number of nitrogens with one attached hydrogen (secondary N) is 1. The zero-order valence-electron chi connectivity index (χ0n) is 8.55. The molecule has 0 aromatic heterocycles. The molecule has 1 aliphatic rings. The van der Waals surface area contributed by atoms with Crippen molar-refractivity contribution in [3.8, 4) is 0 Å². The Morgan fingerprint density at radius 3 is 2.46 bits per heavy atom. The molecular weight excluding hydrogens is 168 g/mol. The van der Waals surface area contributed by atoms with Crippen LogP contribution in [0.15, 0.2) is 16.6 Å². The Kier molecular flexibility index (Phi) is 3.17.